The van der Waals surface area contributed by atoms with Gasteiger partial charge in [0.1, 0.15) is 0 Å². The summed E-state index contributed by atoms with van der Waals surface area (Å²) in [5, 5.41) is 10.1. The van der Waals surface area contributed by atoms with Crippen LogP contribution in [0.1, 0.15) is 38.5 Å². The second kappa shape index (κ2) is 6.47. The Morgan fingerprint density at radius 2 is 2.00 bits per heavy atom. The van der Waals surface area contributed by atoms with Crippen LogP contribution in [0, 0.1) is 11.8 Å². The van der Waals surface area contributed by atoms with E-state index < -0.39 is 0 Å². The second-order valence-electron chi connectivity index (χ2n) is 4.27. The smallest absolute Gasteiger partial charge is 0.0631 e. The molecule has 1 N–H and O–H groups in total. The normalized spacial score (nSPS) is 23.0. The Morgan fingerprint density at radius 3 is 2.50 bits per heavy atom. The fourth-order valence-corrected chi connectivity index (χ4v) is 2.63. The van der Waals surface area contributed by atoms with Crippen molar-refractivity contribution >= 4 is 11.6 Å². The zero-order valence-corrected chi connectivity index (χ0v) is 9.55. The van der Waals surface area contributed by atoms with E-state index in [9.17, 15) is 5.11 Å². The van der Waals surface area contributed by atoms with Crippen molar-refractivity contribution in [3.05, 3.63) is 12.7 Å². The SMILES string of the molecule is C=C[C@@H](CCCl)[C@H](O)C1CCCCC1. The topological polar surface area (TPSA) is 20.2 Å². The first-order valence-corrected chi connectivity index (χ1v) is 6.19. The van der Waals surface area contributed by atoms with Crippen molar-refractivity contribution < 1.29 is 5.11 Å². The third-order valence-corrected chi connectivity index (χ3v) is 3.53. The summed E-state index contributed by atoms with van der Waals surface area (Å²) in [6.07, 6.45) is 8.72. The molecular formula is C12H21ClO. The summed E-state index contributed by atoms with van der Waals surface area (Å²) in [7, 11) is 0. The van der Waals surface area contributed by atoms with Crippen molar-refractivity contribution in [3.8, 4) is 0 Å². The molecule has 1 aliphatic rings. The predicted octanol–water partition coefficient (Wildman–Crippen LogP) is 3.36. The number of hydrogen-bond acceptors (Lipinski definition) is 1. The molecule has 0 unspecified atom stereocenters. The molecule has 0 aromatic rings. The van der Waals surface area contributed by atoms with E-state index in [1.165, 1.54) is 32.1 Å². The van der Waals surface area contributed by atoms with Gasteiger partial charge in [-0.05, 0) is 25.2 Å². The molecule has 0 amide bonds. The zero-order chi connectivity index (χ0) is 10.4. The maximum atomic E-state index is 10.1. The fraction of sp³-hybridized carbons (Fsp3) is 0.833. The van der Waals surface area contributed by atoms with E-state index in [0.717, 1.165) is 6.42 Å². The first-order chi connectivity index (χ1) is 6.79. The van der Waals surface area contributed by atoms with Crippen molar-refractivity contribution in [2.24, 2.45) is 11.8 Å². The lowest BCUT2D eigenvalue weighted by molar-refractivity contribution is 0.0490. The highest BCUT2D eigenvalue weighted by Crippen LogP contribution is 2.31. The predicted molar refractivity (Wildman–Crippen MR) is 61.6 cm³/mol. The van der Waals surface area contributed by atoms with Gasteiger partial charge in [-0.2, -0.15) is 0 Å². The lowest BCUT2D eigenvalue weighted by Crippen LogP contribution is -2.30. The summed E-state index contributed by atoms with van der Waals surface area (Å²) >= 11 is 5.70. The molecule has 1 nitrogen and oxygen atoms in total. The van der Waals surface area contributed by atoms with Crippen LogP contribution in [0.3, 0.4) is 0 Å². The van der Waals surface area contributed by atoms with Crippen LogP contribution in [-0.2, 0) is 0 Å². The summed E-state index contributed by atoms with van der Waals surface area (Å²) in [5.74, 6) is 1.28. The average Bonchev–Trinajstić information content (AvgIpc) is 2.26. The van der Waals surface area contributed by atoms with E-state index in [-0.39, 0.29) is 12.0 Å². The van der Waals surface area contributed by atoms with Crippen LogP contribution in [0.25, 0.3) is 0 Å². The number of hydrogen-bond donors (Lipinski definition) is 1. The van der Waals surface area contributed by atoms with Crippen LogP contribution < -0.4 is 0 Å². The maximum Gasteiger partial charge on any atom is 0.0631 e. The largest absolute Gasteiger partial charge is 0.392 e. The van der Waals surface area contributed by atoms with Crippen molar-refractivity contribution in [2.75, 3.05) is 5.88 Å². The van der Waals surface area contributed by atoms with Crippen LogP contribution in [0.2, 0.25) is 0 Å². The number of aliphatic hydroxyl groups is 1. The van der Waals surface area contributed by atoms with Gasteiger partial charge in [-0.1, -0.05) is 25.3 Å². The van der Waals surface area contributed by atoms with Gasteiger partial charge in [-0.3, -0.25) is 0 Å². The van der Waals surface area contributed by atoms with E-state index in [0.29, 0.717) is 11.8 Å². The van der Waals surface area contributed by atoms with Crippen LogP contribution in [-0.4, -0.2) is 17.1 Å². The minimum absolute atomic E-state index is 0.190. The highest BCUT2D eigenvalue weighted by atomic mass is 35.5. The van der Waals surface area contributed by atoms with Gasteiger partial charge in [-0.15, -0.1) is 18.2 Å². The molecule has 2 atom stereocenters. The highest BCUT2D eigenvalue weighted by Gasteiger charge is 2.26. The van der Waals surface area contributed by atoms with Gasteiger partial charge in [0.15, 0.2) is 0 Å². The molecule has 0 bridgehead atoms. The lowest BCUT2D eigenvalue weighted by atomic mass is 9.79. The third-order valence-electron chi connectivity index (χ3n) is 3.32. The molecule has 14 heavy (non-hydrogen) atoms. The molecule has 1 saturated carbocycles. The van der Waals surface area contributed by atoms with Crippen molar-refractivity contribution in [2.45, 2.75) is 44.6 Å². The Bertz CT molecular complexity index is 164. The molecule has 1 fully saturated rings. The standard InChI is InChI=1S/C12H21ClO/c1-2-10(8-9-13)12(14)11-6-4-3-5-7-11/h2,10-12,14H,1,3-9H2/t10-,12-/m0/s1. The Balaban J connectivity index is 2.42. The minimum Gasteiger partial charge on any atom is -0.392 e. The number of rotatable bonds is 5. The molecule has 0 saturated heterocycles. The zero-order valence-electron chi connectivity index (χ0n) is 8.79. The summed E-state index contributed by atoms with van der Waals surface area (Å²) in [6, 6.07) is 0. The Labute approximate surface area is 92.2 Å². The van der Waals surface area contributed by atoms with E-state index in [1.54, 1.807) is 0 Å². The van der Waals surface area contributed by atoms with Crippen LogP contribution in [0.15, 0.2) is 12.7 Å². The van der Waals surface area contributed by atoms with E-state index in [4.69, 9.17) is 11.6 Å². The van der Waals surface area contributed by atoms with Gasteiger partial charge in [0.25, 0.3) is 0 Å². The minimum atomic E-state index is -0.216. The molecule has 2 heteroatoms. The highest BCUT2D eigenvalue weighted by molar-refractivity contribution is 6.17. The van der Waals surface area contributed by atoms with Crippen LogP contribution >= 0.6 is 11.6 Å². The Kier molecular flexibility index (Phi) is 5.57. The molecule has 1 rings (SSSR count). The number of alkyl halides is 1. The van der Waals surface area contributed by atoms with Gasteiger partial charge in [0.2, 0.25) is 0 Å². The fourth-order valence-electron chi connectivity index (χ4n) is 2.38. The molecule has 0 aromatic carbocycles. The Hall–Kier alpha value is -0.0100. The second-order valence-corrected chi connectivity index (χ2v) is 4.64. The molecule has 0 heterocycles. The molecule has 1 aliphatic carbocycles. The molecule has 0 spiro atoms. The maximum absolute atomic E-state index is 10.1. The first kappa shape index (κ1) is 12.1. The monoisotopic (exact) mass is 216 g/mol. The van der Waals surface area contributed by atoms with Crippen molar-refractivity contribution in [1.29, 1.82) is 0 Å². The van der Waals surface area contributed by atoms with Crippen LogP contribution in [0.5, 0.6) is 0 Å². The van der Waals surface area contributed by atoms with Gasteiger partial charge in [-0.25, -0.2) is 0 Å². The molecule has 82 valence electrons. The van der Waals surface area contributed by atoms with E-state index in [2.05, 4.69) is 6.58 Å². The average molecular weight is 217 g/mol. The van der Waals surface area contributed by atoms with E-state index >= 15 is 0 Å². The van der Waals surface area contributed by atoms with Crippen molar-refractivity contribution in [1.82, 2.24) is 0 Å². The Morgan fingerprint density at radius 1 is 1.36 bits per heavy atom. The van der Waals surface area contributed by atoms with Crippen molar-refractivity contribution in [3.63, 3.8) is 0 Å². The van der Waals surface area contributed by atoms with Gasteiger partial charge in [0.05, 0.1) is 6.10 Å². The molecule has 0 radical (unpaired) electrons. The molecule has 0 aliphatic heterocycles. The summed E-state index contributed by atoms with van der Waals surface area (Å²) in [5.41, 5.74) is 0. The van der Waals surface area contributed by atoms with Crippen LogP contribution in [0.4, 0.5) is 0 Å². The third kappa shape index (κ3) is 3.29. The summed E-state index contributed by atoms with van der Waals surface area (Å²) in [4.78, 5) is 0. The molecule has 0 aromatic heterocycles. The first-order valence-electron chi connectivity index (χ1n) is 5.66. The quantitative estimate of drug-likeness (QED) is 0.552. The van der Waals surface area contributed by atoms with Gasteiger partial charge < -0.3 is 5.11 Å². The number of aliphatic hydroxyl groups excluding tert-OH is 1. The van der Waals surface area contributed by atoms with Gasteiger partial charge >= 0.3 is 0 Å². The van der Waals surface area contributed by atoms with Gasteiger partial charge in [0, 0.05) is 11.8 Å². The molecular weight excluding hydrogens is 196 g/mol. The summed E-state index contributed by atoms with van der Waals surface area (Å²) in [6.45, 7) is 3.78. The summed E-state index contributed by atoms with van der Waals surface area (Å²) < 4.78 is 0. The van der Waals surface area contributed by atoms with E-state index in [1.807, 2.05) is 6.08 Å². The lowest BCUT2D eigenvalue weighted by Gasteiger charge is -2.30. The number of halogens is 1.